The highest BCUT2D eigenvalue weighted by molar-refractivity contribution is 5.83. The molecule has 0 saturated carbocycles. The standard InChI is InChI=1S/C12H12FN/c1-14-8-9-5-6-10-3-2-4-12(13)11(10)7-9/h2-7,14H,8H2,1H3. The van der Waals surface area contributed by atoms with Gasteiger partial charge in [0, 0.05) is 11.9 Å². The summed E-state index contributed by atoms with van der Waals surface area (Å²) in [7, 11) is 1.88. The summed E-state index contributed by atoms with van der Waals surface area (Å²) in [5, 5.41) is 4.69. The Bertz CT molecular complexity index is 451. The van der Waals surface area contributed by atoms with E-state index in [4.69, 9.17) is 0 Å². The lowest BCUT2D eigenvalue weighted by atomic mass is 10.1. The van der Waals surface area contributed by atoms with Crippen molar-refractivity contribution in [1.29, 1.82) is 0 Å². The molecule has 0 aliphatic rings. The summed E-state index contributed by atoms with van der Waals surface area (Å²) in [6.07, 6.45) is 0. The maximum absolute atomic E-state index is 13.4. The molecule has 2 aromatic carbocycles. The Morgan fingerprint density at radius 2 is 2.07 bits per heavy atom. The van der Waals surface area contributed by atoms with Gasteiger partial charge in [0.2, 0.25) is 0 Å². The van der Waals surface area contributed by atoms with Gasteiger partial charge >= 0.3 is 0 Å². The van der Waals surface area contributed by atoms with Crippen LogP contribution < -0.4 is 5.32 Å². The van der Waals surface area contributed by atoms with E-state index in [1.165, 1.54) is 6.07 Å². The second kappa shape index (κ2) is 3.76. The molecule has 0 heterocycles. The molecule has 0 unspecified atom stereocenters. The van der Waals surface area contributed by atoms with Gasteiger partial charge in [-0.15, -0.1) is 0 Å². The predicted molar refractivity (Wildman–Crippen MR) is 56.7 cm³/mol. The maximum Gasteiger partial charge on any atom is 0.131 e. The summed E-state index contributed by atoms with van der Waals surface area (Å²) in [4.78, 5) is 0. The largest absolute Gasteiger partial charge is 0.316 e. The molecule has 2 rings (SSSR count). The molecule has 0 aromatic heterocycles. The molecule has 14 heavy (non-hydrogen) atoms. The molecule has 72 valence electrons. The fourth-order valence-electron chi connectivity index (χ4n) is 1.60. The van der Waals surface area contributed by atoms with Crippen LogP contribution in [0.3, 0.4) is 0 Å². The van der Waals surface area contributed by atoms with E-state index in [0.717, 1.165) is 17.5 Å². The minimum atomic E-state index is -0.152. The van der Waals surface area contributed by atoms with Crippen molar-refractivity contribution in [2.45, 2.75) is 6.54 Å². The minimum Gasteiger partial charge on any atom is -0.316 e. The van der Waals surface area contributed by atoms with Crippen molar-refractivity contribution in [3.63, 3.8) is 0 Å². The third-order valence-electron chi connectivity index (χ3n) is 2.27. The van der Waals surface area contributed by atoms with Crippen molar-refractivity contribution < 1.29 is 4.39 Å². The average Bonchev–Trinajstić information content (AvgIpc) is 2.20. The first kappa shape index (κ1) is 9.16. The average molecular weight is 189 g/mol. The molecule has 0 spiro atoms. The summed E-state index contributed by atoms with van der Waals surface area (Å²) < 4.78 is 13.4. The van der Waals surface area contributed by atoms with Gasteiger partial charge in [0.1, 0.15) is 5.82 Å². The number of hydrogen-bond donors (Lipinski definition) is 1. The van der Waals surface area contributed by atoms with Crippen LogP contribution in [-0.4, -0.2) is 7.05 Å². The van der Waals surface area contributed by atoms with Gasteiger partial charge < -0.3 is 5.32 Å². The van der Waals surface area contributed by atoms with E-state index < -0.39 is 0 Å². The third-order valence-corrected chi connectivity index (χ3v) is 2.27. The number of hydrogen-bond acceptors (Lipinski definition) is 1. The smallest absolute Gasteiger partial charge is 0.131 e. The zero-order valence-electron chi connectivity index (χ0n) is 8.05. The van der Waals surface area contributed by atoms with Gasteiger partial charge in [-0.05, 0) is 30.1 Å². The second-order valence-corrected chi connectivity index (χ2v) is 3.33. The molecule has 0 saturated heterocycles. The Labute approximate surface area is 82.6 Å². The van der Waals surface area contributed by atoms with Gasteiger partial charge in [-0.25, -0.2) is 4.39 Å². The van der Waals surface area contributed by atoms with E-state index in [-0.39, 0.29) is 5.82 Å². The van der Waals surface area contributed by atoms with Gasteiger partial charge in [-0.2, -0.15) is 0 Å². The first-order valence-electron chi connectivity index (χ1n) is 4.63. The van der Waals surface area contributed by atoms with E-state index >= 15 is 0 Å². The van der Waals surface area contributed by atoms with Crippen molar-refractivity contribution in [3.8, 4) is 0 Å². The molecule has 0 aliphatic heterocycles. The Kier molecular flexibility index (Phi) is 2.46. The van der Waals surface area contributed by atoms with E-state index in [0.29, 0.717) is 5.39 Å². The maximum atomic E-state index is 13.4. The summed E-state index contributed by atoms with van der Waals surface area (Å²) in [5.74, 6) is -0.152. The lowest BCUT2D eigenvalue weighted by Crippen LogP contribution is -2.04. The highest BCUT2D eigenvalue weighted by atomic mass is 19.1. The van der Waals surface area contributed by atoms with Crippen molar-refractivity contribution >= 4 is 10.8 Å². The zero-order valence-corrected chi connectivity index (χ0v) is 8.05. The first-order chi connectivity index (χ1) is 6.81. The molecule has 0 aliphatic carbocycles. The number of fused-ring (bicyclic) bond motifs is 1. The number of benzene rings is 2. The molecular formula is C12H12FN. The van der Waals surface area contributed by atoms with Crippen LogP contribution in [0.5, 0.6) is 0 Å². The SMILES string of the molecule is CNCc1ccc2cccc(F)c2c1. The van der Waals surface area contributed by atoms with Crippen LogP contribution >= 0.6 is 0 Å². The Hall–Kier alpha value is -1.41. The summed E-state index contributed by atoms with van der Waals surface area (Å²) >= 11 is 0. The normalized spacial score (nSPS) is 10.7. The van der Waals surface area contributed by atoms with Gasteiger partial charge in [-0.1, -0.05) is 24.3 Å². The van der Waals surface area contributed by atoms with Crippen LogP contribution in [0.15, 0.2) is 36.4 Å². The first-order valence-corrected chi connectivity index (χ1v) is 4.63. The fourth-order valence-corrected chi connectivity index (χ4v) is 1.60. The number of rotatable bonds is 2. The molecule has 2 heteroatoms. The Morgan fingerprint density at radius 1 is 1.21 bits per heavy atom. The number of nitrogens with one attached hydrogen (secondary N) is 1. The van der Waals surface area contributed by atoms with Crippen LogP contribution in [0.25, 0.3) is 10.8 Å². The van der Waals surface area contributed by atoms with Gasteiger partial charge in [-0.3, -0.25) is 0 Å². The lowest BCUT2D eigenvalue weighted by molar-refractivity contribution is 0.639. The van der Waals surface area contributed by atoms with Crippen LogP contribution in [0, 0.1) is 5.82 Å². The quantitative estimate of drug-likeness (QED) is 0.765. The van der Waals surface area contributed by atoms with Crippen molar-refractivity contribution in [1.82, 2.24) is 5.32 Å². The molecule has 1 nitrogen and oxygen atoms in total. The van der Waals surface area contributed by atoms with E-state index in [9.17, 15) is 4.39 Å². The molecule has 0 amide bonds. The molecule has 0 atom stereocenters. The molecule has 1 N–H and O–H groups in total. The van der Waals surface area contributed by atoms with Crippen LogP contribution in [0.2, 0.25) is 0 Å². The van der Waals surface area contributed by atoms with Crippen LogP contribution in [0.4, 0.5) is 4.39 Å². The second-order valence-electron chi connectivity index (χ2n) is 3.33. The summed E-state index contributed by atoms with van der Waals surface area (Å²) in [5.41, 5.74) is 1.10. The van der Waals surface area contributed by atoms with Crippen LogP contribution in [-0.2, 0) is 6.54 Å². The van der Waals surface area contributed by atoms with Crippen molar-refractivity contribution in [2.24, 2.45) is 0 Å². The fraction of sp³-hybridized carbons (Fsp3) is 0.167. The van der Waals surface area contributed by atoms with E-state index in [2.05, 4.69) is 5.32 Å². The van der Waals surface area contributed by atoms with Crippen LogP contribution in [0.1, 0.15) is 5.56 Å². The van der Waals surface area contributed by atoms with E-state index in [1.54, 1.807) is 6.07 Å². The number of halogens is 1. The van der Waals surface area contributed by atoms with Gasteiger partial charge in [0.15, 0.2) is 0 Å². The van der Waals surface area contributed by atoms with Gasteiger partial charge in [0.05, 0.1) is 0 Å². The summed E-state index contributed by atoms with van der Waals surface area (Å²) in [6, 6.07) is 11.0. The predicted octanol–water partition coefficient (Wildman–Crippen LogP) is 2.70. The lowest BCUT2D eigenvalue weighted by Gasteiger charge is -2.03. The molecule has 0 radical (unpaired) electrons. The monoisotopic (exact) mass is 189 g/mol. The highest BCUT2D eigenvalue weighted by Crippen LogP contribution is 2.18. The van der Waals surface area contributed by atoms with Crippen molar-refractivity contribution in [3.05, 3.63) is 47.8 Å². The molecule has 0 bridgehead atoms. The minimum absolute atomic E-state index is 0.152. The van der Waals surface area contributed by atoms with Gasteiger partial charge in [0.25, 0.3) is 0 Å². The molecule has 2 aromatic rings. The Balaban J connectivity index is 2.58. The van der Waals surface area contributed by atoms with Crippen molar-refractivity contribution in [2.75, 3.05) is 7.05 Å². The zero-order chi connectivity index (χ0) is 9.97. The Morgan fingerprint density at radius 3 is 2.86 bits per heavy atom. The third kappa shape index (κ3) is 1.61. The highest BCUT2D eigenvalue weighted by Gasteiger charge is 2.00. The topological polar surface area (TPSA) is 12.0 Å². The van der Waals surface area contributed by atoms with E-state index in [1.807, 2.05) is 31.3 Å². The summed E-state index contributed by atoms with van der Waals surface area (Å²) in [6.45, 7) is 0.768. The molecule has 0 fully saturated rings. The molecular weight excluding hydrogens is 177 g/mol.